The summed E-state index contributed by atoms with van der Waals surface area (Å²) < 4.78 is 54.7. The molecular formula is C22H26BrF3N4O3. The summed E-state index contributed by atoms with van der Waals surface area (Å²) in [6, 6.07) is 1.10. The van der Waals surface area contributed by atoms with E-state index in [9.17, 15) is 13.9 Å². The third kappa shape index (κ3) is 4.28. The fourth-order valence-corrected chi connectivity index (χ4v) is 5.58. The molecule has 1 N–H and O–H groups in total. The molecule has 1 aromatic carbocycles. The Balaban J connectivity index is 1.54. The maximum Gasteiger partial charge on any atom is 0.319 e. The Morgan fingerprint density at radius 3 is 2.97 bits per heavy atom. The maximum atomic E-state index is 15.0. The zero-order valence-corrected chi connectivity index (χ0v) is 19.9. The van der Waals surface area contributed by atoms with Crippen molar-refractivity contribution in [2.24, 2.45) is 0 Å². The first kappa shape index (κ1) is 23.1. The number of aromatic nitrogens is 2. The highest BCUT2D eigenvalue weighted by atomic mass is 79.9. The number of β-amino-alcohol motifs (C(OH)–C–C–N with tert-alkyl or cyclic N) is 1. The van der Waals surface area contributed by atoms with Gasteiger partial charge in [0, 0.05) is 24.9 Å². The molecule has 1 aromatic heterocycles. The quantitative estimate of drug-likeness (QED) is 0.608. The fraction of sp³-hybridized carbons (Fsp3) is 0.636. The zero-order chi connectivity index (χ0) is 23.4. The molecule has 3 aliphatic rings. The highest BCUT2D eigenvalue weighted by molar-refractivity contribution is 9.10. The van der Waals surface area contributed by atoms with Crippen LogP contribution in [0.3, 0.4) is 0 Å². The van der Waals surface area contributed by atoms with E-state index in [-0.39, 0.29) is 47.0 Å². The van der Waals surface area contributed by atoms with Gasteiger partial charge < -0.3 is 19.5 Å². The Hall–Kier alpha value is -1.69. The lowest BCUT2D eigenvalue weighted by Gasteiger charge is -2.31. The van der Waals surface area contributed by atoms with Gasteiger partial charge in [-0.15, -0.1) is 0 Å². The van der Waals surface area contributed by atoms with E-state index >= 15 is 4.39 Å². The van der Waals surface area contributed by atoms with Crippen LogP contribution in [0.25, 0.3) is 10.9 Å². The molecule has 4 heterocycles. The molecule has 3 fully saturated rings. The molecule has 180 valence electrons. The van der Waals surface area contributed by atoms with E-state index in [2.05, 4.69) is 30.8 Å². The van der Waals surface area contributed by atoms with Crippen molar-refractivity contribution in [3.63, 3.8) is 0 Å². The minimum atomic E-state index is -1.18. The Kier molecular flexibility index (Phi) is 5.95. The van der Waals surface area contributed by atoms with Crippen LogP contribution >= 0.6 is 15.9 Å². The number of rotatable bonds is 4. The number of aliphatic hydroxyl groups is 1. The van der Waals surface area contributed by atoms with E-state index in [0.29, 0.717) is 26.1 Å². The first-order chi connectivity index (χ1) is 15.7. The molecule has 0 amide bonds. The van der Waals surface area contributed by atoms with Crippen molar-refractivity contribution in [3.8, 4) is 6.01 Å². The lowest BCUT2D eigenvalue weighted by atomic mass is 9.95. The predicted octanol–water partition coefficient (Wildman–Crippen LogP) is 3.21. The Morgan fingerprint density at radius 1 is 1.33 bits per heavy atom. The maximum absolute atomic E-state index is 15.0. The third-order valence-corrected chi connectivity index (χ3v) is 7.49. The third-order valence-electron chi connectivity index (χ3n) is 6.77. The summed E-state index contributed by atoms with van der Waals surface area (Å²) >= 11 is 2.94. The summed E-state index contributed by atoms with van der Waals surface area (Å²) in [5, 5.41) is 10.8. The summed E-state index contributed by atoms with van der Waals surface area (Å²) in [6.45, 7) is 3.98. The molecule has 2 aromatic rings. The minimum Gasteiger partial charge on any atom is -0.461 e. The monoisotopic (exact) mass is 530 g/mol. The summed E-state index contributed by atoms with van der Waals surface area (Å²) in [6.07, 6.45) is 1.25. The van der Waals surface area contributed by atoms with E-state index in [1.54, 1.807) is 11.8 Å². The molecule has 0 radical (unpaired) electrons. The summed E-state index contributed by atoms with van der Waals surface area (Å²) in [5.74, 6) is -1.39. The summed E-state index contributed by atoms with van der Waals surface area (Å²) in [7, 11) is 0. The number of benzene rings is 1. The van der Waals surface area contributed by atoms with Crippen LogP contribution in [-0.2, 0) is 4.74 Å². The van der Waals surface area contributed by atoms with Crippen molar-refractivity contribution in [2.45, 2.75) is 43.5 Å². The minimum absolute atomic E-state index is 0.0664. The number of fused-ring (bicyclic) bond motifs is 2. The largest absolute Gasteiger partial charge is 0.461 e. The Labute approximate surface area is 198 Å². The van der Waals surface area contributed by atoms with Crippen LogP contribution in [0.1, 0.15) is 26.2 Å². The molecule has 3 atom stereocenters. The van der Waals surface area contributed by atoms with Gasteiger partial charge in [0.15, 0.2) is 5.82 Å². The van der Waals surface area contributed by atoms with Gasteiger partial charge in [0.25, 0.3) is 0 Å². The van der Waals surface area contributed by atoms with Crippen molar-refractivity contribution in [2.75, 3.05) is 50.9 Å². The second-order valence-electron chi connectivity index (χ2n) is 9.55. The number of hydrogen-bond acceptors (Lipinski definition) is 7. The highest BCUT2D eigenvalue weighted by Crippen LogP contribution is 2.41. The molecule has 11 heteroatoms. The van der Waals surface area contributed by atoms with Crippen LogP contribution < -0.4 is 9.64 Å². The second kappa shape index (κ2) is 8.51. The topological polar surface area (TPSA) is 71.0 Å². The molecule has 0 saturated carbocycles. The SMILES string of the molecule is C[C@@]1(O)COCCN(c2nc(OC[C@@]34CCCN3C[C@H](F)C4)nc3c(F)c(Br)c(F)cc23)C1. The molecule has 3 saturated heterocycles. The van der Waals surface area contributed by atoms with Crippen LogP contribution in [0.5, 0.6) is 6.01 Å². The lowest BCUT2D eigenvalue weighted by Crippen LogP contribution is -2.44. The van der Waals surface area contributed by atoms with E-state index in [4.69, 9.17) is 9.47 Å². The van der Waals surface area contributed by atoms with Gasteiger partial charge in [-0.05, 0) is 48.3 Å². The van der Waals surface area contributed by atoms with Crippen LogP contribution in [0.15, 0.2) is 10.5 Å². The first-order valence-electron chi connectivity index (χ1n) is 11.1. The molecule has 0 unspecified atom stereocenters. The van der Waals surface area contributed by atoms with E-state index in [0.717, 1.165) is 19.4 Å². The van der Waals surface area contributed by atoms with Crippen LogP contribution in [0, 0.1) is 11.6 Å². The fourth-order valence-electron chi connectivity index (χ4n) is 5.27. The van der Waals surface area contributed by atoms with Gasteiger partial charge in [0.2, 0.25) is 0 Å². The molecule has 0 spiro atoms. The number of hydrogen-bond donors (Lipinski definition) is 1. The van der Waals surface area contributed by atoms with Crippen molar-refractivity contribution in [1.29, 1.82) is 0 Å². The van der Waals surface area contributed by atoms with E-state index < -0.39 is 28.9 Å². The summed E-state index contributed by atoms with van der Waals surface area (Å²) in [5.41, 5.74) is -1.69. The first-order valence-corrected chi connectivity index (χ1v) is 11.9. The normalized spacial score (nSPS) is 30.6. The molecule has 7 nitrogen and oxygen atoms in total. The lowest BCUT2D eigenvalue weighted by molar-refractivity contribution is -0.0123. The Morgan fingerprint density at radius 2 is 2.15 bits per heavy atom. The van der Waals surface area contributed by atoms with Gasteiger partial charge in [-0.1, -0.05) is 0 Å². The van der Waals surface area contributed by atoms with Gasteiger partial charge in [-0.2, -0.15) is 9.97 Å². The van der Waals surface area contributed by atoms with Crippen LogP contribution in [0.4, 0.5) is 19.0 Å². The Bertz CT molecular complexity index is 1080. The number of anilines is 1. The van der Waals surface area contributed by atoms with E-state index in [1.807, 2.05) is 0 Å². The molecule has 0 aliphatic carbocycles. The number of ether oxygens (including phenoxy) is 2. The average Bonchev–Trinajstić information content (AvgIpc) is 3.21. The van der Waals surface area contributed by atoms with Crippen molar-refractivity contribution in [3.05, 3.63) is 22.2 Å². The smallest absolute Gasteiger partial charge is 0.319 e. The van der Waals surface area contributed by atoms with Crippen molar-refractivity contribution < 1.29 is 27.8 Å². The predicted molar refractivity (Wildman–Crippen MR) is 119 cm³/mol. The molecule has 5 rings (SSSR count). The van der Waals surface area contributed by atoms with Gasteiger partial charge in [-0.3, -0.25) is 4.90 Å². The standard InChI is InChI=1S/C22H26BrF3N4O3/c1-21(31)10-29(5-6-32-11-21)19-14-7-15(25)16(23)17(26)18(14)27-20(28-19)33-12-22-3-2-4-30(22)9-13(24)8-22/h7,13,31H,2-6,8-12H2,1H3/t13-,21+,22+/m1/s1. The summed E-state index contributed by atoms with van der Waals surface area (Å²) in [4.78, 5) is 12.6. The van der Waals surface area contributed by atoms with Crippen LogP contribution in [0.2, 0.25) is 0 Å². The molecule has 3 aliphatic heterocycles. The van der Waals surface area contributed by atoms with Crippen LogP contribution in [-0.4, -0.2) is 83.3 Å². The highest BCUT2D eigenvalue weighted by Gasteiger charge is 2.49. The van der Waals surface area contributed by atoms with Gasteiger partial charge in [0.1, 0.15) is 35.5 Å². The molecular weight excluding hydrogens is 505 g/mol. The number of alkyl halides is 1. The molecule has 0 bridgehead atoms. The van der Waals surface area contributed by atoms with E-state index in [1.165, 1.54) is 6.07 Å². The average molecular weight is 531 g/mol. The van der Waals surface area contributed by atoms with Gasteiger partial charge in [0.05, 0.1) is 29.8 Å². The number of halogens is 4. The number of nitrogens with zero attached hydrogens (tertiary/aromatic N) is 4. The van der Waals surface area contributed by atoms with Crippen molar-refractivity contribution >= 4 is 32.7 Å². The van der Waals surface area contributed by atoms with Gasteiger partial charge >= 0.3 is 6.01 Å². The van der Waals surface area contributed by atoms with Gasteiger partial charge in [-0.25, -0.2) is 13.2 Å². The zero-order valence-electron chi connectivity index (χ0n) is 18.3. The molecule has 33 heavy (non-hydrogen) atoms. The second-order valence-corrected chi connectivity index (χ2v) is 10.3. The van der Waals surface area contributed by atoms with Crippen molar-refractivity contribution in [1.82, 2.24) is 14.9 Å².